The van der Waals surface area contributed by atoms with Crippen LogP contribution in [-0.4, -0.2) is 42.0 Å². The van der Waals surface area contributed by atoms with Gasteiger partial charge in [0.05, 0.1) is 12.6 Å². The van der Waals surface area contributed by atoms with E-state index in [0.717, 1.165) is 45.2 Å². The van der Waals surface area contributed by atoms with Gasteiger partial charge in [-0.05, 0) is 38.6 Å². The summed E-state index contributed by atoms with van der Waals surface area (Å²) in [6.07, 6.45) is 7.04. The Bertz CT molecular complexity index is 394. The number of hydrogen-bond acceptors (Lipinski definition) is 4. The molecule has 2 atom stereocenters. The summed E-state index contributed by atoms with van der Waals surface area (Å²) in [4.78, 5) is 14.4. The zero-order valence-electron chi connectivity index (χ0n) is 13.1. The van der Waals surface area contributed by atoms with E-state index in [1.165, 1.54) is 12.8 Å². The fraction of sp³-hybridized carbons (Fsp3) is 0.875. The van der Waals surface area contributed by atoms with E-state index in [4.69, 9.17) is 5.73 Å². The summed E-state index contributed by atoms with van der Waals surface area (Å²) in [5.74, 6) is 0.476. The first kappa shape index (κ1) is 16.3. The molecule has 2 unspecified atom stereocenters. The Balaban J connectivity index is 1.85. The van der Waals surface area contributed by atoms with Crippen LogP contribution in [-0.2, 0) is 4.79 Å². The van der Waals surface area contributed by atoms with Crippen molar-refractivity contribution >= 4 is 5.91 Å². The number of nitrogens with two attached hydrogens (primary N) is 1. The Morgan fingerprint density at radius 1 is 1.43 bits per heavy atom. The third kappa shape index (κ3) is 4.42. The van der Waals surface area contributed by atoms with Gasteiger partial charge >= 0.3 is 0 Å². The Kier molecular flexibility index (Phi) is 5.60. The minimum atomic E-state index is -0.631. The Labute approximate surface area is 127 Å². The van der Waals surface area contributed by atoms with Gasteiger partial charge in [0.2, 0.25) is 5.91 Å². The summed E-state index contributed by atoms with van der Waals surface area (Å²) < 4.78 is 0. The maximum Gasteiger partial charge on any atom is 0.235 e. The van der Waals surface area contributed by atoms with Crippen LogP contribution in [0.4, 0.5) is 0 Å². The zero-order chi connectivity index (χ0) is 15.3. The third-order valence-electron chi connectivity index (χ3n) is 4.97. The lowest BCUT2D eigenvalue weighted by atomic mass is 9.92. The second-order valence-electron chi connectivity index (χ2n) is 6.80. The zero-order valence-corrected chi connectivity index (χ0v) is 13.1. The van der Waals surface area contributed by atoms with Gasteiger partial charge in [-0.25, -0.2) is 0 Å². The molecule has 1 saturated heterocycles. The van der Waals surface area contributed by atoms with Crippen molar-refractivity contribution in [3.8, 4) is 6.07 Å². The molecule has 1 amide bonds. The standard InChI is InChI=1S/C16H28N4O/c1-13(18)14-6-9-20(10-14)11-15(21)19-16(12-17)7-4-2-3-5-8-16/h13-14H,2-11,18H2,1H3,(H,19,21). The lowest BCUT2D eigenvalue weighted by Gasteiger charge is -2.27. The molecule has 2 rings (SSSR count). The molecule has 2 fully saturated rings. The smallest absolute Gasteiger partial charge is 0.235 e. The predicted octanol–water partition coefficient (Wildman–Crippen LogP) is 1.39. The van der Waals surface area contributed by atoms with Crippen molar-refractivity contribution in [2.45, 2.75) is 63.5 Å². The molecule has 21 heavy (non-hydrogen) atoms. The number of nitrogens with zero attached hydrogens (tertiary/aromatic N) is 2. The van der Waals surface area contributed by atoms with E-state index in [-0.39, 0.29) is 11.9 Å². The molecule has 3 N–H and O–H groups in total. The van der Waals surface area contributed by atoms with Crippen LogP contribution < -0.4 is 11.1 Å². The molecule has 2 aliphatic rings. The summed E-state index contributed by atoms with van der Waals surface area (Å²) in [5.41, 5.74) is 5.30. The summed E-state index contributed by atoms with van der Waals surface area (Å²) in [5, 5.41) is 12.5. The van der Waals surface area contributed by atoms with Gasteiger partial charge in [-0.2, -0.15) is 5.26 Å². The maximum absolute atomic E-state index is 12.3. The van der Waals surface area contributed by atoms with Crippen molar-refractivity contribution in [1.82, 2.24) is 10.2 Å². The molecule has 1 aliphatic heterocycles. The van der Waals surface area contributed by atoms with E-state index in [1.807, 2.05) is 6.92 Å². The van der Waals surface area contributed by atoms with Crippen LogP contribution in [0.2, 0.25) is 0 Å². The molecule has 0 aromatic carbocycles. The number of hydrogen-bond donors (Lipinski definition) is 2. The van der Waals surface area contributed by atoms with Gasteiger partial charge in [0.25, 0.3) is 0 Å². The summed E-state index contributed by atoms with van der Waals surface area (Å²) in [6.45, 7) is 4.25. The van der Waals surface area contributed by atoms with Crippen LogP contribution in [0, 0.1) is 17.2 Å². The third-order valence-corrected chi connectivity index (χ3v) is 4.97. The number of likely N-dealkylation sites (tertiary alicyclic amines) is 1. The normalized spacial score (nSPS) is 27.6. The summed E-state index contributed by atoms with van der Waals surface area (Å²) in [6, 6.07) is 2.56. The van der Waals surface area contributed by atoms with E-state index in [9.17, 15) is 10.1 Å². The molecule has 0 bridgehead atoms. The Morgan fingerprint density at radius 2 is 2.10 bits per heavy atom. The van der Waals surface area contributed by atoms with Crippen molar-refractivity contribution in [1.29, 1.82) is 5.26 Å². The quantitative estimate of drug-likeness (QED) is 0.767. The Morgan fingerprint density at radius 3 is 2.62 bits per heavy atom. The van der Waals surface area contributed by atoms with E-state index in [1.54, 1.807) is 0 Å². The average molecular weight is 292 g/mol. The molecule has 0 aromatic heterocycles. The van der Waals surface area contributed by atoms with Crippen molar-refractivity contribution in [3.05, 3.63) is 0 Å². The predicted molar refractivity (Wildman–Crippen MR) is 82.4 cm³/mol. The highest BCUT2D eigenvalue weighted by atomic mass is 16.2. The molecule has 5 nitrogen and oxygen atoms in total. The highest BCUT2D eigenvalue weighted by molar-refractivity contribution is 5.79. The van der Waals surface area contributed by atoms with E-state index in [0.29, 0.717) is 12.5 Å². The van der Waals surface area contributed by atoms with Crippen LogP contribution in [0.15, 0.2) is 0 Å². The number of amides is 1. The molecule has 0 aromatic rings. The van der Waals surface area contributed by atoms with Crippen molar-refractivity contribution in [3.63, 3.8) is 0 Å². The van der Waals surface area contributed by atoms with E-state index in [2.05, 4.69) is 16.3 Å². The first-order valence-corrected chi connectivity index (χ1v) is 8.25. The SMILES string of the molecule is CC(N)C1CCN(CC(=O)NC2(C#N)CCCCCC2)C1. The molecular formula is C16H28N4O. The highest BCUT2D eigenvalue weighted by Gasteiger charge is 2.33. The van der Waals surface area contributed by atoms with Gasteiger partial charge in [-0.15, -0.1) is 0 Å². The fourth-order valence-corrected chi connectivity index (χ4v) is 3.54. The number of carbonyl (C=O) groups is 1. The van der Waals surface area contributed by atoms with Gasteiger partial charge in [-0.1, -0.05) is 25.7 Å². The summed E-state index contributed by atoms with van der Waals surface area (Å²) in [7, 11) is 0. The lowest BCUT2D eigenvalue weighted by molar-refractivity contribution is -0.123. The van der Waals surface area contributed by atoms with Gasteiger partial charge in [-0.3, -0.25) is 9.69 Å². The average Bonchev–Trinajstić information content (AvgIpc) is 2.78. The first-order valence-electron chi connectivity index (χ1n) is 8.25. The van der Waals surface area contributed by atoms with Crippen molar-refractivity contribution in [2.75, 3.05) is 19.6 Å². The van der Waals surface area contributed by atoms with Crippen molar-refractivity contribution in [2.24, 2.45) is 11.7 Å². The Hall–Kier alpha value is -1.12. The maximum atomic E-state index is 12.3. The molecule has 1 heterocycles. The van der Waals surface area contributed by atoms with Gasteiger partial charge < -0.3 is 11.1 Å². The monoisotopic (exact) mass is 292 g/mol. The fourth-order valence-electron chi connectivity index (χ4n) is 3.54. The minimum Gasteiger partial charge on any atom is -0.337 e. The lowest BCUT2D eigenvalue weighted by Crippen LogP contribution is -2.50. The van der Waals surface area contributed by atoms with Crippen LogP contribution >= 0.6 is 0 Å². The second-order valence-corrected chi connectivity index (χ2v) is 6.80. The molecule has 5 heteroatoms. The van der Waals surface area contributed by atoms with Crippen LogP contribution in [0.1, 0.15) is 51.9 Å². The van der Waals surface area contributed by atoms with Gasteiger partial charge in [0.15, 0.2) is 0 Å². The van der Waals surface area contributed by atoms with E-state index >= 15 is 0 Å². The number of nitrogens with one attached hydrogen (secondary N) is 1. The van der Waals surface area contributed by atoms with Gasteiger partial charge in [0, 0.05) is 12.6 Å². The first-order chi connectivity index (χ1) is 10.0. The van der Waals surface area contributed by atoms with E-state index < -0.39 is 5.54 Å². The molecule has 1 aliphatic carbocycles. The topological polar surface area (TPSA) is 82.2 Å². The molecule has 0 spiro atoms. The molecule has 0 radical (unpaired) electrons. The number of nitriles is 1. The number of carbonyl (C=O) groups excluding carboxylic acids is 1. The van der Waals surface area contributed by atoms with Crippen LogP contribution in [0.25, 0.3) is 0 Å². The second kappa shape index (κ2) is 7.24. The largest absolute Gasteiger partial charge is 0.337 e. The highest BCUT2D eigenvalue weighted by Crippen LogP contribution is 2.26. The number of rotatable bonds is 4. The minimum absolute atomic E-state index is 0.0104. The molecular weight excluding hydrogens is 264 g/mol. The molecule has 118 valence electrons. The van der Waals surface area contributed by atoms with Crippen molar-refractivity contribution < 1.29 is 4.79 Å². The molecule has 1 saturated carbocycles. The van der Waals surface area contributed by atoms with Crippen LogP contribution in [0.5, 0.6) is 0 Å². The summed E-state index contributed by atoms with van der Waals surface area (Å²) >= 11 is 0. The van der Waals surface area contributed by atoms with Crippen LogP contribution in [0.3, 0.4) is 0 Å². The van der Waals surface area contributed by atoms with Gasteiger partial charge in [0.1, 0.15) is 5.54 Å².